The van der Waals surface area contributed by atoms with Crippen LogP contribution in [0.1, 0.15) is 201 Å². The minimum atomic E-state index is -0.805. The highest BCUT2D eigenvalue weighted by molar-refractivity contribution is 5.71. The van der Waals surface area contributed by atoms with Crippen molar-refractivity contribution >= 4 is 17.9 Å². The lowest BCUT2D eigenvalue weighted by atomic mass is 10.1. The molecule has 0 N–H and O–H groups in total. The highest BCUT2D eigenvalue weighted by Gasteiger charge is 2.19. The first kappa shape index (κ1) is 57.1. The maximum absolute atomic E-state index is 12.7. The van der Waals surface area contributed by atoms with Gasteiger partial charge in [-0.1, -0.05) is 175 Å². The van der Waals surface area contributed by atoms with E-state index >= 15 is 0 Å². The molecule has 0 spiro atoms. The minimum Gasteiger partial charge on any atom is -0.462 e. The van der Waals surface area contributed by atoms with Gasteiger partial charge in [0.15, 0.2) is 6.10 Å². The quantitative estimate of drug-likeness (QED) is 0.0264. The maximum Gasteiger partial charge on any atom is 0.306 e. The molecule has 0 amide bonds. The van der Waals surface area contributed by atoms with Crippen molar-refractivity contribution in [1.29, 1.82) is 0 Å². The Balaban J connectivity index is 4.47. The molecular weight excluding hydrogens is 757 g/mol. The fourth-order valence-corrected chi connectivity index (χ4v) is 6.19. The summed E-state index contributed by atoms with van der Waals surface area (Å²) in [5, 5.41) is 0. The van der Waals surface area contributed by atoms with Crippen LogP contribution >= 0.6 is 0 Å². The number of esters is 3. The van der Waals surface area contributed by atoms with Gasteiger partial charge >= 0.3 is 17.9 Å². The van der Waals surface area contributed by atoms with Crippen LogP contribution in [0, 0.1) is 0 Å². The molecule has 0 saturated heterocycles. The van der Waals surface area contributed by atoms with E-state index < -0.39 is 6.10 Å². The smallest absolute Gasteiger partial charge is 0.306 e. The Morgan fingerprint density at radius 1 is 0.328 bits per heavy atom. The average Bonchev–Trinajstić information content (AvgIpc) is 3.26. The zero-order chi connectivity index (χ0) is 44.4. The summed E-state index contributed by atoms with van der Waals surface area (Å²) in [7, 11) is 0. The Morgan fingerprint density at radius 2 is 0.590 bits per heavy atom. The van der Waals surface area contributed by atoms with Gasteiger partial charge in [0.1, 0.15) is 13.2 Å². The van der Waals surface area contributed by atoms with Crippen molar-refractivity contribution in [3.8, 4) is 0 Å². The van der Waals surface area contributed by atoms with Crippen LogP contribution in [0.5, 0.6) is 0 Å². The Labute approximate surface area is 374 Å². The van der Waals surface area contributed by atoms with Crippen LogP contribution in [-0.2, 0) is 28.6 Å². The summed E-state index contributed by atoms with van der Waals surface area (Å²) >= 11 is 0. The summed E-state index contributed by atoms with van der Waals surface area (Å²) in [4.78, 5) is 37.9. The summed E-state index contributed by atoms with van der Waals surface area (Å²) in [5.41, 5.74) is 0. The van der Waals surface area contributed by atoms with Crippen LogP contribution in [-0.4, -0.2) is 37.2 Å². The second-order valence-corrected chi connectivity index (χ2v) is 15.6. The lowest BCUT2D eigenvalue weighted by molar-refractivity contribution is -0.167. The van der Waals surface area contributed by atoms with Gasteiger partial charge in [-0.05, 0) is 116 Å². The van der Waals surface area contributed by atoms with Crippen LogP contribution in [0.15, 0.2) is 109 Å². The summed E-state index contributed by atoms with van der Waals surface area (Å²) in [5.74, 6) is -0.976. The van der Waals surface area contributed by atoms with E-state index in [9.17, 15) is 14.4 Å². The largest absolute Gasteiger partial charge is 0.462 e. The molecule has 61 heavy (non-hydrogen) atoms. The number of ether oxygens (including phenoxy) is 3. The molecule has 0 radical (unpaired) electrons. The van der Waals surface area contributed by atoms with Crippen molar-refractivity contribution in [1.82, 2.24) is 0 Å². The Bertz CT molecular complexity index is 1290. The molecule has 0 heterocycles. The highest BCUT2D eigenvalue weighted by atomic mass is 16.6. The first-order valence-electron chi connectivity index (χ1n) is 24.4. The average molecular weight is 845 g/mol. The molecular formula is C55H88O6. The fourth-order valence-electron chi connectivity index (χ4n) is 6.19. The molecule has 1 atom stereocenters. The second-order valence-electron chi connectivity index (χ2n) is 15.6. The molecule has 0 saturated carbocycles. The van der Waals surface area contributed by atoms with Crippen molar-refractivity contribution in [2.24, 2.45) is 0 Å². The van der Waals surface area contributed by atoms with Crippen LogP contribution in [0.3, 0.4) is 0 Å². The summed E-state index contributed by atoms with van der Waals surface area (Å²) < 4.78 is 16.7. The molecule has 344 valence electrons. The molecule has 0 aliphatic heterocycles. The van der Waals surface area contributed by atoms with Gasteiger partial charge in [0.2, 0.25) is 0 Å². The molecule has 0 aliphatic rings. The molecule has 0 aromatic rings. The number of unbranched alkanes of at least 4 members (excludes halogenated alkanes) is 13. The van der Waals surface area contributed by atoms with E-state index in [-0.39, 0.29) is 31.1 Å². The molecule has 0 fully saturated rings. The lowest BCUT2D eigenvalue weighted by Crippen LogP contribution is -2.30. The van der Waals surface area contributed by atoms with Crippen LogP contribution in [0.2, 0.25) is 0 Å². The second kappa shape index (κ2) is 48.7. The number of rotatable bonds is 42. The van der Waals surface area contributed by atoms with Gasteiger partial charge in [-0.25, -0.2) is 0 Å². The molecule has 0 aromatic heterocycles. The zero-order valence-corrected chi connectivity index (χ0v) is 39.1. The predicted octanol–water partition coefficient (Wildman–Crippen LogP) is 16.0. The number of hydrogen-bond donors (Lipinski definition) is 0. The standard InChI is InChI=1S/C55H88O6/c1-4-7-10-13-16-19-22-25-26-27-28-29-30-31-34-36-39-42-45-48-54(57)60-51-52(61-55(58)49-46-43-40-37-33-24-21-18-15-12-9-6-3)50-59-53(56)47-44-41-38-35-32-23-20-17-14-11-8-5-2/h7-12,16-21,25-26,28-29,31,34,52H,4-6,13-15,22-24,27,30,32-33,35-51H2,1-3H3/b10-7-,11-8-,12-9-,19-16-,20-17-,21-18-,26-25-,29-28-,34-31-. The van der Waals surface area contributed by atoms with Crippen LogP contribution in [0.4, 0.5) is 0 Å². The molecule has 0 aromatic carbocycles. The summed E-state index contributed by atoms with van der Waals surface area (Å²) in [6.45, 7) is 6.23. The van der Waals surface area contributed by atoms with Gasteiger partial charge in [-0.15, -0.1) is 0 Å². The van der Waals surface area contributed by atoms with E-state index in [0.717, 1.165) is 161 Å². The zero-order valence-electron chi connectivity index (χ0n) is 39.1. The first-order valence-corrected chi connectivity index (χ1v) is 24.4. The van der Waals surface area contributed by atoms with Crippen molar-refractivity contribution in [3.05, 3.63) is 109 Å². The number of allylic oxidation sites excluding steroid dienone is 18. The van der Waals surface area contributed by atoms with Gasteiger partial charge in [0.25, 0.3) is 0 Å². The molecule has 0 rings (SSSR count). The molecule has 1 unspecified atom stereocenters. The van der Waals surface area contributed by atoms with Crippen molar-refractivity contribution in [2.75, 3.05) is 13.2 Å². The maximum atomic E-state index is 12.7. The van der Waals surface area contributed by atoms with Gasteiger partial charge in [0, 0.05) is 19.3 Å². The number of carbonyl (C=O) groups excluding carboxylic acids is 3. The van der Waals surface area contributed by atoms with Gasteiger partial charge < -0.3 is 14.2 Å². The van der Waals surface area contributed by atoms with E-state index in [1.165, 1.54) is 0 Å². The van der Waals surface area contributed by atoms with E-state index in [0.29, 0.717) is 19.3 Å². The van der Waals surface area contributed by atoms with E-state index in [4.69, 9.17) is 14.2 Å². The summed E-state index contributed by atoms with van der Waals surface area (Å²) in [6.07, 6.45) is 65.0. The Hall–Kier alpha value is -3.93. The van der Waals surface area contributed by atoms with Crippen molar-refractivity contribution < 1.29 is 28.6 Å². The van der Waals surface area contributed by atoms with E-state index in [1.807, 2.05) is 0 Å². The Morgan fingerprint density at radius 3 is 0.934 bits per heavy atom. The van der Waals surface area contributed by atoms with Gasteiger partial charge in [-0.2, -0.15) is 0 Å². The monoisotopic (exact) mass is 845 g/mol. The molecule has 0 aliphatic carbocycles. The number of carbonyl (C=O) groups is 3. The summed E-state index contributed by atoms with van der Waals surface area (Å²) in [6, 6.07) is 0. The Kier molecular flexibility index (Phi) is 45.6. The SMILES string of the molecule is CC/C=C\C/C=C\C/C=C\C/C=C\C/C=C\CCCCCC(=O)OCC(COC(=O)CCCCCCC/C=C\C/C=C\CC)OC(=O)CCCCCCC/C=C\C/C=C\CC. The lowest BCUT2D eigenvalue weighted by Gasteiger charge is -2.18. The van der Waals surface area contributed by atoms with Crippen LogP contribution < -0.4 is 0 Å². The third-order valence-electron chi connectivity index (χ3n) is 9.75. The van der Waals surface area contributed by atoms with E-state index in [1.54, 1.807) is 0 Å². The molecule has 0 bridgehead atoms. The third kappa shape index (κ3) is 47.0. The fraction of sp³-hybridized carbons (Fsp3) is 0.618. The van der Waals surface area contributed by atoms with Gasteiger partial charge in [0.05, 0.1) is 0 Å². The van der Waals surface area contributed by atoms with E-state index in [2.05, 4.69) is 130 Å². The van der Waals surface area contributed by atoms with Gasteiger partial charge in [-0.3, -0.25) is 14.4 Å². The third-order valence-corrected chi connectivity index (χ3v) is 9.75. The highest BCUT2D eigenvalue weighted by Crippen LogP contribution is 2.12. The number of hydrogen-bond acceptors (Lipinski definition) is 6. The topological polar surface area (TPSA) is 78.9 Å². The van der Waals surface area contributed by atoms with Crippen LogP contribution in [0.25, 0.3) is 0 Å². The van der Waals surface area contributed by atoms with Crippen molar-refractivity contribution in [2.45, 2.75) is 207 Å². The normalized spacial score (nSPS) is 13.0. The molecule has 6 nitrogen and oxygen atoms in total. The minimum absolute atomic E-state index is 0.105. The van der Waals surface area contributed by atoms with Crippen molar-refractivity contribution in [3.63, 3.8) is 0 Å². The molecule has 6 heteroatoms. The predicted molar refractivity (Wildman–Crippen MR) is 260 cm³/mol. The first-order chi connectivity index (χ1) is 30.0.